The van der Waals surface area contributed by atoms with Gasteiger partial charge in [-0.2, -0.15) is 14.7 Å². The number of benzene rings is 3. The Labute approximate surface area is 235 Å². The Kier molecular flexibility index (Phi) is 7.03. The van der Waals surface area contributed by atoms with Crippen LogP contribution < -0.4 is 5.56 Å². The Morgan fingerprint density at radius 3 is 2.41 bits per heavy atom. The van der Waals surface area contributed by atoms with Crippen LogP contribution in [0.25, 0.3) is 39.5 Å². The highest BCUT2D eigenvalue weighted by Gasteiger charge is 2.26. The number of morpholine rings is 1. The van der Waals surface area contributed by atoms with Gasteiger partial charge in [0.1, 0.15) is 6.07 Å². The number of hydrogen-bond acceptors (Lipinski definition) is 7. The van der Waals surface area contributed by atoms with E-state index in [1.54, 1.807) is 65.5 Å². The van der Waals surface area contributed by atoms with Crippen molar-refractivity contribution in [3.63, 3.8) is 0 Å². The second-order valence-electron chi connectivity index (χ2n) is 9.36. The molecule has 0 radical (unpaired) electrons. The fraction of sp³-hybridized carbons (Fsp3) is 0.133. The molecule has 204 valence electrons. The van der Waals surface area contributed by atoms with Gasteiger partial charge in [-0.25, -0.2) is 18.1 Å². The summed E-state index contributed by atoms with van der Waals surface area (Å²) in [5.74, 6) is 0.140. The molecule has 0 amide bonds. The van der Waals surface area contributed by atoms with Gasteiger partial charge in [0, 0.05) is 30.4 Å². The lowest BCUT2D eigenvalue weighted by Crippen LogP contribution is -2.40. The molecule has 3 aromatic carbocycles. The highest BCUT2D eigenvalue weighted by molar-refractivity contribution is 7.89. The Morgan fingerprint density at radius 2 is 1.68 bits per heavy atom. The predicted molar refractivity (Wildman–Crippen MR) is 154 cm³/mol. The molecule has 1 saturated heterocycles. The minimum atomic E-state index is -3.66. The molecule has 0 bridgehead atoms. The molecule has 2 aromatic heterocycles. The zero-order valence-corrected chi connectivity index (χ0v) is 22.6. The van der Waals surface area contributed by atoms with E-state index in [1.165, 1.54) is 4.31 Å². The summed E-state index contributed by atoms with van der Waals surface area (Å²) < 4.78 is 34.6. The van der Waals surface area contributed by atoms with Gasteiger partial charge in [0.25, 0.3) is 5.56 Å². The molecular weight excluding hydrogens is 540 g/mol. The number of aromatic amines is 1. The molecule has 0 aliphatic carbocycles. The van der Waals surface area contributed by atoms with Crippen LogP contribution in [0.1, 0.15) is 11.4 Å². The van der Waals surface area contributed by atoms with Crippen molar-refractivity contribution in [2.75, 3.05) is 26.3 Å². The maximum atomic E-state index is 13.1. The van der Waals surface area contributed by atoms with Crippen LogP contribution in [-0.2, 0) is 14.8 Å². The van der Waals surface area contributed by atoms with Crippen molar-refractivity contribution < 1.29 is 13.2 Å². The quantitative estimate of drug-likeness (QED) is 0.310. The Morgan fingerprint density at radius 1 is 0.976 bits per heavy atom. The summed E-state index contributed by atoms with van der Waals surface area (Å²) in [5.41, 5.74) is 2.85. The number of fused-ring (bicyclic) bond motifs is 1. The van der Waals surface area contributed by atoms with Gasteiger partial charge in [-0.3, -0.25) is 4.79 Å². The van der Waals surface area contributed by atoms with Gasteiger partial charge < -0.3 is 9.72 Å². The van der Waals surface area contributed by atoms with Crippen LogP contribution in [0.3, 0.4) is 0 Å². The second-order valence-corrected chi connectivity index (χ2v) is 11.3. The van der Waals surface area contributed by atoms with Crippen molar-refractivity contribution in [2.24, 2.45) is 0 Å². The van der Waals surface area contributed by atoms with E-state index >= 15 is 0 Å². The first kappa shape index (κ1) is 26.3. The summed E-state index contributed by atoms with van der Waals surface area (Å²) in [4.78, 5) is 20.1. The van der Waals surface area contributed by atoms with Gasteiger partial charge in [-0.15, -0.1) is 0 Å². The SMILES string of the molecule is N#C/C(=C\c1cn(-c2ccccc2)nc1-c1ccc(S(=O)(=O)N2CCOCC2)cc1)c1nc2ccccc2c(=O)[nH]1. The third kappa shape index (κ3) is 5.19. The van der Waals surface area contributed by atoms with Crippen molar-refractivity contribution in [1.82, 2.24) is 24.1 Å². The summed E-state index contributed by atoms with van der Waals surface area (Å²) in [6, 6.07) is 25.1. The summed E-state index contributed by atoms with van der Waals surface area (Å²) in [6.45, 7) is 1.34. The maximum absolute atomic E-state index is 13.1. The molecule has 0 atom stereocenters. The average molecular weight is 565 g/mol. The molecule has 0 spiro atoms. The Balaban J connectivity index is 1.44. The number of hydrogen-bond donors (Lipinski definition) is 1. The third-order valence-corrected chi connectivity index (χ3v) is 8.70. The zero-order valence-electron chi connectivity index (χ0n) is 21.8. The lowest BCUT2D eigenvalue weighted by atomic mass is 10.1. The number of ether oxygens (including phenoxy) is 1. The number of para-hydroxylation sites is 2. The lowest BCUT2D eigenvalue weighted by Gasteiger charge is -2.26. The van der Waals surface area contributed by atoms with Crippen LogP contribution in [0.4, 0.5) is 0 Å². The predicted octanol–water partition coefficient (Wildman–Crippen LogP) is 3.86. The van der Waals surface area contributed by atoms with E-state index in [0.717, 1.165) is 5.69 Å². The number of aromatic nitrogens is 4. The molecule has 1 fully saturated rings. The van der Waals surface area contributed by atoms with Crippen LogP contribution in [0, 0.1) is 11.3 Å². The highest BCUT2D eigenvalue weighted by atomic mass is 32.2. The van der Waals surface area contributed by atoms with E-state index in [9.17, 15) is 18.5 Å². The van der Waals surface area contributed by atoms with Gasteiger partial charge in [-0.05, 0) is 42.5 Å². The number of rotatable bonds is 6. The smallest absolute Gasteiger partial charge is 0.259 e. The van der Waals surface area contributed by atoms with E-state index in [1.807, 2.05) is 30.3 Å². The number of nitriles is 1. The fourth-order valence-electron chi connectivity index (χ4n) is 4.67. The van der Waals surface area contributed by atoms with Crippen LogP contribution in [-0.4, -0.2) is 58.8 Å². The molecule has 5 aromatic rings. The standard InChI is InChI=1S/C30H24N6O4S/c31-19-22(29-32-27-9-5-4-8-26(27)30(37)33-29)18-23-20-36(24-6-2-1-3-7-24)34-28(23)21-10-12-25(13-11-21)41(38,39)35-14-16-40-17-15-35/h1-13,18,20H,14-17H2,(H,32,33,37)/b22-18+. The van der Waals surface area contributed by atoms with Crippen molar-refractivity contribution in [3.8, 4) is 23.0 Å². The summed E-state index contributed by atoms with van der Waals surface area (Å²) in [7, 11) is -3.66. The molecule has 0 unspecified atom stereocenters. The molecule has 41 heavy (non-hydrogen) atoms. The van der Waals surface area contributed by atoms with Crippen LogP contribution in [0.15, 0.2) is 94.7 Å². The highest BCUT2D eigenvalue weighted by Crippen LogP contribution is 2.29. The fourth-order valence-corrected chi connectivity index (χ4v) is 6.08. The molecule has 0 saturated carbocycles. The van der Waals surface area contributed by atoms with Gasteiger partial charge >= 0.3 is 0 Å². The monoisotopic (exact) mass is 564 g/mol. The van der Waals surface area contributed by atoms with Crippen LogP contribution in [0.2, 0.25) is 0 Å². The van der Waals surface area contributed by atoms with Crippen molar-refractivity contribution in [2.45, 2.75) is 4.90 Å². The molecule has 3 heterocycles. The van der Waals surface area contributed by atoms with Crippen molar-refractivity contribution in [1.29, 1.82) is 5.26 Å². The van der Waals surface area contributed by atoms with E-state index in [-0.39, 0.29) is 21.9 Å². The number of nitrogens with zero attached hydrogens (tertiary/aromatic N) is 5. The average Bonchev–Trinajstić information content (AvgIpc) is 3.44. The van der Waals surface area contributed by atoms with E-state index < -0.39 is 10.0 Å². The normalized spacial score (nSPS) is 14.7. The van der Waals surface area contributed by atoms with Gasteiger partial charge in [0.2, 0.25) is 10.0 Å². The molecule has 1 aliphatic heterocycles. The minimum absolute atomic E-state index is 0.140. The number of nitrogens with one attached hydrogen (secondary N) is 1. The molecule has 11 heteroatoms. The molecule has 10 nitrogen and oxygen atoms in total. The lowest BCUT2D eigenvalue weighted by molar-refractivity contribution is 0.0730. The number of allylic oxidation sites excluding steroid dienone is 1. The first-order chi connectivity index (χ1) is 19.9. The number of H-pyrrole nitrogens is 1. The summed E-state index contributed by atoms with van der Waals surface area (Å²) in [6.07, 6.45) is 3.40. The van der Waals surface area contributed by atoms with Crippen molar-refractivity contribution in [3.05, 3.63) is 107 Å². The zero-order chi connectivity index (χ0) is 28.4. The maximum Gasteiger partial charge on any atom is 0.259 e. The number of sulfonamides is 1. The molecule has 1 N–H and O–H groups in total. The van der Waals surface area contributed by atoms with Crippen molar-refractivity contribution >= 4 is 32.6 Å². The molecular formula is C30H24N6O4S. The van der Waals surface area contributed by atoms with E-state index in [2.05, 4.69) is 16.0 Å². The Bertz CT molecular complexity index is 1970. The largest absolute Gasteiger partial charge is 0.379 e. The van der Waals surface area contributed by atoms with Crippen LogP contribution in [0.5, 0.6) is 0 Å². The van der Waals surface area contributed by atoms with E-state index in [0.29, 0.717) is 54.0 Å². The van der Waals surface area contributed by atoms with Gasteiger partial charge in [-0.1, -0.05) is 42.5 Å². The Hall–Kier alpha value is -4.89. The summed E-state index contributed by atoms with van der Waals surface area (Å²) >= 11 is 0. The van der Waals surface area contributed by atoms with Gasteiger partial charge in [0.05, 0.1) is 46.0 Å². The second kappa shape index (κ2) is 10.9. The third-order valence-electron chi connectivity index (χ3n) is 6.79. The summed E-state index contributed by atoms with van der Waals surface area (Å²) in [5, 5.41) is 15.3. The topological polar surface area (TPSA) is 134 Å². The van der Waals surface area contributed by atoms with E-state index in [4.69, 9.17) is 9.84 Å². The molecule has 1 aliphatic rings. The first-order valence-electron chi connectivity index (χ1n) is 12.9. The minimum Gasteiger partial charge on any atom is -0.379 e. The van der Waals surface area contributed by atoms with Gasteiger partial charge in [0.15, 0.2) is 5.82 Å². The van der Waals surface area contributed by atoms with Crippen LogP contribution >= 0.6 is 0 Å². The molecule has 6 rings (SSSR count). The first-order valence-corrected chi connectivity index (χ1v) is 14.3.